The monoisotopic (exact) mass is 475 g/mol. The van der Waals surface area contributed by atoms with Gasteiger partial charge in [-0.2, -0.15) is 0 Å². The lowest BCUT2D eigenvalue weighted by Crippen LogP contribution is -2.37. The second-order valence-corrected chi connectivity index (χ2v) is 9.01. The third-order valence-corrected chi connectivity index (χ3v) is 8.96. The van der Waals surface area contributed by atoms with Crippen molar-refractivity contribution in [3.05, 3.63) is 28.8 Å². The van der Waals surface area contributed by atoms with Crippen LogP contribution in [0.2, 0.25) is 5.02 Å². The highest BCUT2D eigenvalue weighted by Crippen LogP contribution is 2.60. The van der Waals surface area contributed by atoms with Crippen molar-refractivity contribution in [1.29, 1.82) is 0 Å². The zero-order valence-electron chi connectivity index (χ0n) is 12.2. The maximum absolute atomic E-state index is 12.9. The van der Waals surface area contributed by atoms with Crippen molar-refractivity contribution in [2.45, 2.75) is 16.1 Å². The Balaban J connectivity index is 1.74. The second-order valence-electron chi connectivity index (χ2n) is 6.49. The van der Waals surface area contributed by atoms with E-state index in [1.165, 1.54) is 18.2 Å². The summed E-state index contributed by atoms with van der Waals surface area (Å²) in [4.78, 5) is 38.5. The van der Waals surface area contributed by atoms with E-state index in [4.69, 9.17) is 11.6 Å². The molecule has 2 aliphatic carbocycles. The molecule has 2 amide bonds. The third kappa shape index (κ3) is 2.07. The third-order valence-electron chi connectivity index (χ3n) is 5.43. The standard InChI is InChI=1S/C16H12Br2ClNO4/c17-12-7-4-8(13(12)18)11-10(7)14(21)20(15(11)22)5-1-2-9(19)6(3-5)16(23)24/h1-3,7-8,10-13H,4H2,(H,23,24)/t7-,8-,10-,11+,12-,13+/m0/s1. The number of imide groups is 1. The molecule has 0 radical (unpaired) electrons. The van der Waals surface area contributed by atoms with Gasteiger partial charge in [-0.05, 0) is 36.5 Å². The first-order valence-electron chi connectivity index (χ1n) is 7.51. The summed E-state index contributed by atoms with van der Waals surface area (Å²) in [5, 5.41) is 9.28. The predicted molar refractivity (Wildman–Crippen MR) is 94.9 cm³/mol. The molecule has 126 valence electrons. The zero-order chi connectivity index (χ0) is 17.3. The minimum Gasteiger partial charge on any atom is -0.478 e. The number of carboxylic acid groups (broad SMARTS) is 1. The van der Waals surface area contributed by atoms with Crippen LogP contribution in [0.1, 0.15) is 16.8 Å². The summed E-state index contributed by atoms with van der Waals surface area (Å²) in [7, 11) is 0. The number of amides is 2. The van der Waals surface area contributed by atoms with E-state index < -0.39 is 5.97 Å². The number of nitrogens with zero attached hydrogens (tertiary/aromatic N) is 1. The number of carbonyl (C=O) groups excluding carboxylic acids is 2. The normalized spacial score (nSPS) is 37.2. The van der Waals surface area contributed by atoms with Gasteiger partial charge in [-0.25, -0.2) is 4.79 Å². The number of hydrogen-bond donors (Lipinski definition) is 1. The number of anilines is 1. The van der Waals surface area contributed by atoms with Gasteiger partial charge in [0.25, 0.3) is 0 Å². The fourth-order valence-corrected chi connectivity index (χ4v) is 6.49. The first kappa shape index (κ1) is 16.5. The van der Waals surface area contributed by atoms with Gasteiger partial charge in [0, 0.05) is 9.65 Å². The van der Waals surface area contributed by atoms with Crippen LogP contribution in [-0.2, 0) is 9.59 Å². The summed E-state index contributed by atoms with van der Waals surface area (Å²) in [5.74, 6) is -2.08. The minimum atomic E-state index is -1.19. The highest BCUT2D eigenvalue weighted by atomic mass is 79.9. The maximum atomic E-state index is 12.9. The number of fused-ring (bicyclic) bond motifs is 5. The summed E-state index contributed by atoms with van der Waals surface area (Å²) in [6.45, 7) is 0. The molecule has 5 nitrogen and oxygen atoms in total. The molecule has 1 N–H and O–H groups in total. The molecular weight excluding hydrogens is 465 g/mol. The zero-order valence-corrected chi connectivity index (χ0v) is 16.1. The van der Waals surface area contributed by atoms with E-state index in [0.717, 1.165) is 11.3 Å². The largest absolute Gasteiger partial charge is 0.478 e. The number of carbonyl (C=O) groups is 3. The summed E-state index contributed by atoms with van der Waals surface area (Å²) in [5.41, 5.74) is 0.157. The van der Waals surface area contributed by atoms with E-state index in [-0.39, 0.29) is 61.4 Å². The van der Waals surface area contributed by atoms with Crippen LogP contribution in [0.4, 0.5) is 5.69 Å². The van der Waals surface area contributed by atoms with Crippen LogP contribution in [0.15, 0.2) is 18.2 Å². The number of hydrogen-bond acceptors (Lipinski definition) is 3. The number of rotatable bonds is 2. The van der Waals surface area contributed by atoms with E-state index >= 15 is 0 Å². The quantitative estimate of drug-likeness (QED) is 0.524. The summed E-state index contributed by atoms with van der Waals surface area (Å²) in [6.07, 6.45) is 0.855. The average Bonchev–Trinajstić information content (AvgIpc) is 3.13. The van der Waals surface area contributed by atoms with Crippen LogP contribution in [-0.4, -0.2) is 32.5 Å². The Labute approximate surface area is 159 Å². The van der Waals surface area contributed by atoms with E-state index in [1.54, 1.807) is 0 Å². The highest BCUT2D eigenvalue weighted by molar-refractivity contribution is 9.12. The van der Waals surface area contributed by atoms with Crippen LogP contribution in [0, 0.1) is 23.7 Å². The number of halogens is 3. The van der Waals surface area contributed by atoms with Gasteiger partial charge in [-0.1, -0.05) is 43.5 Å². The minimum absolute atomic E-state index is 0.0756. The lowest BCUT2D eigenvalue weighted by atomic mass is 9.81. The van der Waals surface area contributed by atoms with Crippen LogP contribution in [0.25, 0.3) is 0 Å². The van der Waals surface area contributed by atoms with Gasteiger partial charge in [-0.15, -0.1) is 0 Å². The molecule has 2 saturated carbocycles. The van der Waals surface area contributed by atoms with Crippen molar-refractivity contribution in [3.63, 3.8) is 0 Å². The number of aromatic carboxylic acids is 1. The first-order chi connectivity index (χ1) is 11.3. The van der Waals surface area contributed by atoms with Crippen molar-refractivity contribution in [2.75, 3.05) is 4.90 Å². The molecule has 3 fully saturated rings. The Hall–Kier alpha value is -0.920. The average molecular weight is 478 g/mol. The molecule has 2 bridgehead atoms. The number of alkyl halides is 2. The molecule has 1 saturated heterocycles. The van der Waals surface area contributed by atoms with E-state index in [0.29, 0.717) is 0 Å². The van der Waals surface area contributed by atoms with E-state index in [9.17, 15) is 19.5 Å². The fraction of sp³-hybridized carbons (Fsp3) is 0.438. The lowest BCUT2D eigenvalue weighted by molar-refractivity contribution is -0.123. The number of carboxylic acids is 1. The van der Waals surface area contributed by atoms with Crippen molar-refractivity contribution < 1.29 is 19.5 Å². The van der Waals surface area contributed by atoms with Gasteiger partial charge in [0.1, 0.15) is 0 Å². The van der Waals surface area contributed by atoms with Crippen molar-refractivity contribution in [2.24, 2.45) is 23.7 Å². The molecule has 3 aliphatic rings. The summed E-state index contributed by atoms with van der Waals surface area (Å²) in [6, 6.07) is 4.22. The molecule has 4 rings (SSSR count). The Morgan fingerprint density at radius 2 is 1.67 bits per heavy atom. The van der Waals surface area contributed by atoms with E-state index in [1.807, 2.05) is 0 Å². The second kappa shape index (κ2) is 5.54. The van der Waals surface area contributed by atoms with Gasteiger partial charge in [-0.3, -0.25) is 14.5 Å². The SMILES string of the molecule is O=C(O)c1cc(N2C(=O)[C@@H]3[C@@H]4C[C@H]([C@H](Br)[C@@H]4Br)[C@@H]3C2=O)ccc1Cl. The van der Waals surface area contributed by atoms with Gasteiger partial charge in [0.05, 0.1) is 28.1 Å². The van der Waals surface area contributed by atoms with Crippen LogP contribution >= 0.6 is 43.5 Å². The molecule has 1 aromatic carbocycles. The Morgan fingerprint density at radius 1 is 1.12 bits per heavy atom. The molecule has 0 aromatic heterocycles. The summed E-state index contributed by atoms with van der Waals surface area (Å²) >= 11 is 13.2. The van der Waals surface area contributed by atoms with Crippen LogP contribution in [0.3, 0.4) is 0 Å². The molecule has 0 unspecified atom stereocenters. The molecule has 6 atom stereocenters. The van der Waals surface area contributed by atoms with Crippen LogP contribution in [0.5, 0.6) is 0 Å². The maximum Gasteiger partial charge on any atom is 0.337 e. The molecule has 1 aliphatic heterocycles. The first-order valence-corrected chi connectivity index (χ1v) is 9.72. The van der Waals surface area contributed by atoms with Crippen molar-refractivity contribution >= 4 is 66.9 Å². The molecule has 1 aromatic rings. The van der Waals surface area contributed by atoms with Crippen LogP contribution < -0.4 is 4.90 Å². The smallest absolute Gasteiger partial charge is 0.337 e. The Morgan fingerprint density at radius 3 is 2.17 bits per heavy atom. The molecular formula is C16H12Br2ClNO4. The molecule has 8 heteroatoms. The van der Waals surface area contributed by atoms with Gasteiger partial charge < -0.3 is 5.11 Å². The molecule has 24 heavy (non-hydrogen) atoms. The molecule has 1 heterocycles. The highest BCUT2D eigenvalue weighted by Gasteiger charge is 2.66. The van der Waals surface area contributed by atoms with Crippen molar-refractivity contribution in [3.8, 4) is 0 Å². The Bertz CT molecular complexity index is 753. The van der Waals surface area contributed by atoms with Crippen molar-refractivity contribution in [1.82, 2.24) is 0 Å². The summed E-state index contributed by atoms with van der Waals surface area (Å²) < 4.78 is 0. The van der Waals surface area contributed by atoms with Gasteiger partial charge in [0.15, 0.2) is 0 Å². The van der Waals surface area contributed by atoms with E-state index in [2.05, 4.69) is 31.9 Å². The predicted octanol–water partition coefficient (Wildman–Crippen LogP) is 3.32. The fourth-order valence-electron chi connectivity index (χ4n) is 4.42. The number of benzene rings is 1. The van der Waals surface area contributed by atoms with Gasteiger partial charge in [0.2, 0.25) is 11.8 Å². The van der Waals surface area contributed by atoms with Gasteiger partial charge >= 0.3 is 5.97 Å². The topological polar surface area (TPSA) is 74.7 Å². The Kier molecular flexibility index (Phi) is 3.82. The molecule has 0 spiro atoms. The lowest BCUT2D eigenvalue weighted by Gasteiger charge is -2.28.